The van der Waals surface area contributed by atoms with Crippen LogP contribution in [0.2, 0.25) is 0 Å². The molecule has 8 heteroatoms. The van der Waals surface area contributed by atoms with Gasteiger partial charge in [0.2, 0.25) is 5.91 Å². The monoisotopic (exact) mass is 316 g/mol. The van der Waals surface area contributed by atoms with Crippen LogP contribution in [0.5, 0.6) is 0 Å². The number of alkyl carbamates (subject to hydrolysis) is 1. The van der Waals surface area contributed by atoms with Crippen molar-refractivity contribution in [2.24, 2.45) is 5.92 Å². The second-order valence-electron chi connectivity index (χ2n) is 6.23. The third-order valence-corrected chi connectivity index (χ3v) is 3.23. The minimum Gasteiger partial charge on any atom is -0.467 e. The number of carbonyl (C=O) groups excluding carboxylic acids is 3. The lowest BCUT2D eigenvalue weighted by molar-refractivity contribution is -0.152. The van der Waals surface area contributed by atoms with E-state index in [0.717, 1.165) is 7.11 Å². The number of aliphatic hydroxyl groups is 1. The molecule has 1 heterocycles. The first-order valence-corrected chi connectivity index (χ1v) is 7.17. The number of nitrogens with one attached hydrogen (secondary N) is 2. The van der Waals surface area contributed by atoms with E-state index in [9.17, 15) is 19.5 Å². The van der Waals surface area contributed by atoms with Gasteiger partial charge in [-0.2, -0.15) is 0 Å². The van der Waals surface area contributed by atoms with Crippen molar-refractivity contribution >= 4 is 18.0 Å². The number of hydrogen-bond acceptors (Lipinski definition) is 6. The molecule has 0 aromatic heterocycles. The number of amides is 2. The Kier molecular flexibility index (Phi) is 6.16. The summed E-state index contributed by atoms with van der Waals surface area (Å²) >= 11 is 0. The second kappa shape index (κ2) is 7.44. The standard InChI is InChI=1S/C14H24N2O6/c1-14(2,3)22-13(20)16-9(10(17)12(19)21-4)7-8-5-6-15-11(8)18/h8-10,17H,5-7H2,1-4H3,(H,15,18)(H,16,20)/t8-,9-,10?/m0/s1. The third kappa shape index (κ3) is 5.51. The van der Waals surface area contributed by atoms with Crippen molar-refractivity contribution in [2.75, 3.05) is 13.7 Å². The Morgan fingerprint density at radius 1 is 1.45 bits per heavy atom. The van der Waals surface area contributed by atoms with Crippen molar-refractivity contribution < 1.29 is 29.0 Å². The van der Waals surface area contributed by atoms with Gasteiger partial charge in [0, 0.05) is 12.5 Å². The minimum absolute atomic E-state index is 0.126. The fourth-order valence-electron chi connectivity index (χ4n) is 2.19. The largest absolute Gasteiger partial charge is 0.467 e. The molecule has 1 rings (SSSR count). The zero-order chi connectivity index (χ0) is 16.9. The van der Waals surface area contributed by atoms with E-state index >= 15 is 0 Å². The summed E-state index contributed by atoms with van der Waals surface area (Å²) in [5.41, 5.74) is -0.713. The molecule has 1 saturated heterocycles. The smallest absolute Gasteiger partial charge is 0.407 e. The molecule has 0 spiro atoms. The molecule has 0 bridgehead atoms. The molecule has 0 radical (unpaired) electrons. The Morgan fingerprint density at radius 2 is 2.09 bits per heavy atom. The van der Waals surface area contributed by atoms with Gasteiger partial charge in [-0.05, 0) is 33.6 Å². The highest BCUT2D eigenvalue weighted by Gasteiger charge is 2.35. The topological polar surface area (TPSA) is 114 Å². The van der Waals surface area contributed by atoms with Gasteiger partial charge in [-0.25, -0.2) is 9.59 Å². The number of methoxy groups -OCH3 is 1. The molecule has 0 saturated carbocycles. The molecule has 1 unspecified atom stereocenters. The van der Waals surface area contributed by atoms with Crippen LogP contribution in [-0.2, 0) is 19.1 Å². The van der Waals surface area contributed by atoms with Gasteiger partial charge < -0.3 is 25.2 Å². The summed E-state index contributed by atoms with van der Waals surface area (Å²) in [4.78, 5) is 35.0. The van der Waals surface area contributed by atoms with E-state index < -0.39 is 29.8 Å². The predicted molar refractivity (Wildman–Crippen MR) is 76.9 cm³/mol. The van der Waals surface area contributed by atoms with Crippen molar-refractivity contribution in [3.05, 3.63) is 0 Å². The van der Waals surface area contributed by atoms with Crippen molar-refractivity contribution in [3.63, 3.8) is 0 Å². The van der Waals surface area contributed by atoms with Gasteiger partial charge in [0.1, 0.15) is 5.60 Å². The van der Waals surface area contributed by atoms with Crippen LogP contribution >= 0.6 is 0 Å². The lowest BCUT2D eigenvalue weighted by Gasteiger charge is -2.26. The summed E-state index contributed by atoms with van der Waals surface area (Å²) in [5.74, 6) is -1.41. The SMILES string of the molecule is COC(=O)C(O)[C@H](C[C@@H]1CCNC1=O)NC(=O)OC(C)(C)C. The maximum absolute atomic E-state index is 11.8. The number of ether oxygens (including phenoxy) is 2. The fourth-order valence-corrected chi connectivity index (χ4v) is 2.19. The van der Waals surface area contributed by atoms with Crippen LogP contribution in [0.25, 0.3) is 0 Å². The quantitative estimate of drug-likeness (QED) is 0.612. The van der Waals surface area contributed by atoms with E-state index in [4.69, 9.17) is 4.74 Å². The van der Waals surface area contributed by atoms with Gasteiger partial charge in [-0.3, -0.25) is 4.79 Å². The maximum atomic E-state index is 11.8. The number of rotatable bonds is 5. The number of hydrogen-bond donors (Lipinski definition) is 3. The first-order valence-electron chi connectivity index (χ1n) is 7.17. The highest BCUT2D eigenvalue weighted by molar-refractivity contribution is 5.81. The van der Waals surface area contributed by atoms with E-state index in [2.05, 4.69) is 15.4 Å². The average molecular weight is 316 g/mol. The van der Waals surface area contributed by atoms with E-state index in [1.54, 1.807) is 20.8 Å². The van der Waals surface area contributed by atoms with Gasteiger partial charge in [0.15, 0.2) is 6.10 Å². The Balaban J connectivity index is 2.75. The second-order valence-corrected chi connectivity index (χ2v) is 6.23. The van der Waals surface area contributed by atoms with Gasteiger partial charge in [-0.15, -0.1) is 0 Å². The van der Waals surface area contributed by atoms with E-state index in [1.807, 2.05) is 0 Å². The molecular weight excluding hydrogens is 292 g/mol. The van der Waals surface area contributed by atoms with Crippen molar-refractivity contribution in [2.45, 2.75) is 51.4 Å². The van der Waals surface area contributed by atoms with Crippen LogP contribution in [0.15, 0.2) is 0 Å². The maximum Gasteiger partial charge on any atom is 0.407 e. The fraction of sp³-hybridized carbons (Fsp3) is 0.786. The first kappa shape index (κ1) is 18.2. The highest BCUT2D eigenvalue weighted by atomic mass is 16.6. The molecule has 3 atom stereocenters. The third-order valence-electron chi connectivity index (χ3n) is 3.23. The molecule has 2 amide bonds. The van der Waals surface area contributed by atoms with Gasteiger partial charge in [0.05, 0.1) is 13.2 Å². The number of esters is 1. The number of aliphatic hydroxyl groups excluding tert-OH is 1. The molecule has 1 fully saturated rings. The molecule has 1 aliphatic heterocycles. The molecule has 0 aromatic rings. The lowest BCUT2D eigenvalue weighted by atomic mass is 9.95. The van der Waals surface area contributed by atoms with Crippen LogP contribution in [0.3, 0.4) is 0 Å². The molecule has 0 aromatic carbocycles. The number of carbonyl (C=O) groups is 3. The average Bonchev–Trinajstić information content (AvgIpc) is 2.79. The molecule has 22 heavy (non-hydrogen) atoms. The highest BCUT2D eigenvalue weighted by Crippen LogP contribution is 2.19. The Morgan fingerprint density at radius 3 is 2.55 bits per heavy atom. The van der Waals surface area contributed by atoms with Gasteiger partial charge in [-0.1, -0.05) is 0 Å². The zero-order valence-corrected chi connectivity index (χ0v) is 13.3. The zero-order valence-electron chi connectivity index (χ0n) is 13.3. The summed E-state index contributed by atoms with van der Waals surface area (Å²) in [6.45, 7) is 5.63. The van der Waals surface area contributed by atoms with E-state index in [1.165, 1.54) is 0 Å². The van der Waals surface area contributed by atoms with Gasteiger partial charge in [0.25, 0.3) is 0 Å². The Bertz CT molecular complexity index is 432. The van der Waals surface area contributed by atoms with Crippen molar-refractivity contribution in [1.29, 1.82) is 0 Å². The Labute approximate surface area is 129 Å². The van der Waals surface area contributed by atoms with Crippen LogP contribution in [0.1, 0.15) is 33.6 Å². The first-order chi connectivity index (χ1) is 10.1. The van der Waals surface area contributed by atoms with Crippen LogP contribution in [-0.4, -0.2) is 54.5 Å². The summed E-state index contributed by atoms with van der Waals surface area (Å²) in [7, 11) is 1.14. The summed E-state index contributed by atoms with van der Waals surface area (Å²) in [6, 6.07) is -0.962. The van der Waals surface area contributed by atoms with Crippen molar-refractivity contribution in [3.8, 4) is 0 Å². The van der Waals surface area contributed by atoms with Crippen molar-refractivity contribution in [1.82, 2.24) is 10.6 Å². The van der Waals surface area contributed by atoms with Crippen LogP contribution in [0, 0.1) is 5.92 Å². The molecule has 3 N–H and O–H groups in total. The van der Waals surface area contributed by atoms with Crippen LogP contribution in [0.4, 0.5) is 4.79 Å². The van der Waals surface area contributed by atoms with E-state index in [0.29, 0.717) is 13.0 Å². The summed E-state index contributed by atoms with van der Waals surface area (Å²) in [6.07, 6.45) is -1.62. The normalized spacial score (nSPS) is 20.8. The molecular formula is C14H24N2O6. The molecule has 0 aliphatic carbocycles. The summed E-state index contributed by atoms with van der Waals surface area (Å²) < 4.78 is 9.59. The predicted octanol–water partition coefficient (Wildman–Crippen LogP) is -0.0602. The molecule has 126 valence electrons. The molecule has 1 aliphatic rings. The summed E-state index contributed by atoms with van der Waals surface area (Å²) in [5, 5.41) is 15.1. The Hall–Kier alpha value is -1.83. The van der Waals surface area contributed by atoms with Gasteiger partial charge >= 0.3 is 12.1 Å². The minimum atomic E-state index is -1.56. The van der Waals surface area contributed by atoms with Crippen LogP contribution < -0.4 is 10.6 Å². The van der Waals surface area contributed by atoms with E-state index in [-0.39, 0.29) is 18.2 Å². The lowest BCUT2D eigenvalue weighted by Crippen LogP contribution is -2.50. The molecule has 8 nitrogen and oxygen atoms in total.